The number of nitrogens with zero attached hydrogens (tertiary/aromatic N) is 2. The summed E-state index contributed by atoms with van der Waals surface area (Å²) in [5, 5.41) is 9.15. The predicted molar refractivity (Wildman–Crippen MR) is 60.1 cm³/mol. The number of aliphatic hydroxyl groups excluding tert-OH is 1. The third-order valence-electron chi connectivity index (χ3n) is 2.35. The van der Waals surface area contributed by atoms with E-state index in [0.29, 0.717) is 5.56 Å². The van der Waals surface area contributed by atoms with Gasteiger partial charge in [0, 0.05) is 17.3 Å². The summed E-state index contributed by atoms with van der Waals surface area (Å²) < 4.78 is 40.9. The highest BCUT2D eigenvalue weighted by molar-refractivity contribution is 5.71. The van der Waals surface area contributed by atoms with Crippen LogP contribution in [0.4, 0.5) is 13.2 Å². The van der Waals surface area contributed by atoms with Gasteiger partial charge in [0.25, 0.3) is 0 Å². The fourth-order valence-electron chi connectivity index (χ4n) is 1.61. The number of hydrogen-bond acceptors (Lipinski definition) is 4. The van der Waals surface area contributed by atoms with Crippen LogP contribution in [-0.2, 0) is 6.61 Å². The molecule has 1 aromatic carbocycles. The normalized spacial score (nSPS) is 11.4. The Morgan fingerprint density at radius 3 is 2.58 bits per heavy atom. The van der Waals surface area contributed by atoms with Gasteiger partial charge < -0.3 is 9.84 Å². The van der Waals surface area contributed by atoms with Crippen molar-refractivity contribution in [3.8, 4) is 16.9 Å². The van der Waals surface area contributed by atoms with Crippen LogP contribution in [-0.4, -0.2) is 21.4 Å². The zero-order chi connectivity index (χ0) is 13.9. The Labute approximate surface area is 106 Å². The van der Waals surface area contributed by atoms with E-state index in [2.05, 4.69) is 14.7 Å². The van der Waals surface area contributed by atoms with E-state index in [4.69, 9.17) is 5.11 Å². The SMILES string of the molecule is OCc1ncncc1-c1ccccc1OC(F)(F)F. The van der Waals surface area contributed by atoms with Crippen molar-refractivity contribution in [2.45, 2.75) is 13.0 Å². The maximum atomic E-state index is 12.3. The molecule has 7 heteroatoms. The van der Waals surface area contributed by atoms with E-state index >= 15 is 0 Å². The van der Waals surface area contributed by atoms with E-state index in [0.717, 1.165) is 0 Å². The molecule has 19 heavy (non-hydrogen) atoms. The maximum absolute atomic E-state index is 12.3. The number of ether oxygens (including phenoxy) is 1. The molecule has 0 atom stereocenters. The average Bonchev–Trinajstić information content (AvgIpc) is 2.37. The van der Waals surface area contributed by atoms with Crippen molar-refractivity contribution >= 4 is 0 Å². The molecular formula is C12H9F3N2O2. The number of alkyl halides is 3. The minimum absolute atomic E-state index is 0.171. The van der Waals surface area contributed by atoms with Gasteiger partial charge in [-0.25, -0.2) is 9.97 Å². The standard InChI is InChI=1S/C12H9F3N2O2/c13-12(14,15)19-11-4-2-1-3-8(11)9-5-16-7-17-10(9)6-18/h1-5,7,18H,6H2. The van der Waals surface area contributed by atoms with Gasteiger partial charge in [-0.05, 0) is 6.07 Å². The number of rotatable bonds is 3. The van der Waals surface area contributed by atoms with Gasteiger partial charge in [-0.15, -0.1) is 13.2 Å². The van der Waals surface area contributed by atoms with E-state index in [9.17, 15) is 13.2 Å². The predicted octanol–water partition coefficient (Wildman–Crippen LogP) is 2.53. The highest BCUT2D eigenvalue weighted by Crippen LogP contribution is 2.34. The average molecular weight is 270 g/mol. The van der Waals surface area contributed by atoms with E-state index in [1.54, 1.807) is 6.07 Å². The van der Waals surface area contributed by atoms with E-state index in [1.807, 2.05) is 0 Å². The Balaban J connectivity index is 2.50. The summed E-state index contributed by atoms with van der Waals surface area (Å²) in [6.07, 6.45) is -2.25. The second-order valence-electron chi connectivity index (χ2n) is 3.59. The molecule has 0 aliphatic rings. The summed E-state index contributed by atoms with van der Waals surface area (Å²) in [5.74, 6) is -0.362. The Hall–Kier alpha value is -2.15. The zero-order valence-corrected chi connectivity index (χ0v) is 9.55. The first-order valence-corrected chi connectivity index (χ1v) is 5.26. The fraction of sp³-hybridized carbons (Fsp3) is 0.167. The number of aromatic nitrogens is 2. The van der Waals surface area contributed by atoms with Gasteiger partial charge in [-0.1, -0.05) is 18.2 Å². The first-order chi connectivity index (χ1) is 9.01. The van der Waals surface area contributed by atoms with Crippen LogP contribution in [0.3, 0.4) is 0 Å². The van der Waals surface area contributed by atoms with Gasteiger partial charge in [0.05, 0.1) is 12.3 Å². The summed E-state index contributed by atoms with van der Waals surface area (Å²) in [6.45, 7) is -0.405. The van der Waals surface area contributed by atoms with Crippen molar-refractivity contribution in [1.29, 1.82) is 0 Å². The van der Waals surface area contributed by atoms with Crippen LogP contribution in [0.15, 0.2) is 36.8 Å². The van der Waals surface area contributed by atoms with E-state index in [1.165, 1.54) is 30.7 Å². The molecule has 2 aromatic rings. The maximum Gasteiger partial charge on any atom is 0.573 e. The largest absolute Gasteiger partial charge is 0.573 e. The lowest BCUT2D eigenvalue weighted by molar-refractivity contribution is -0.274. The Kier molecular flexibility index (Phi) is 3.66. The van der Waals surface area contributed by atoms with Crippen LogP contribution in [0, 0.1) is 0 Å². The molecule has 1 N–H and O–H groups in total. The second-order valence-corrected chi connectivity index (χ2v) is 3.59. The van der Waals surface area contributed by atoms with Gasteiger partial charge in [0.15, 0.2) is 0 Å². The quantitative estimate of drug-likeness (QED) is 0.931. The number of halogens is 3. The van der Waals surface area contributed by atoms with E-state index in [-0.39, 0.29) is 17.0 Å². The lowest BCUT2D eigenvalue weighted by Gasteiger charge is -2.14. The summed E-state index contributed by atoms with van der Waals surface area (Å²) >= 11 is 0. The topological polar surface area (TPSA) is 55.2 Å². The molecule has 1 aromatic heterocycles. The van der Waals surface area contributed by atoms with Gasteiger partial charge in [-0.2, -0.15) is 0 Å². The molecule has 1 heterocycles. The summed E-state index contributed by atoms with van der Waals surface area (Å²) in [4.78, 5) is 7.56. The van der Waals surface area contributed by atoms with Crippen LogP contribution >= 0.6 is 0 Å². The number of hydrogen-bond donors (Lipinski definition) is 1. The molecule has 0 aliphatic carbocycles. The highest BCUT2D eigenvalue weighted by atomic mass is 19.4. The molecule has 0 saturated carbocycles. The molecule has 0 saturated heterocycles. The van der Waals surface area contributed by atoms with Gasteiger partial charge in [-0.3, -0.25) is 0 Å². The number of benzene rings is 1. The summed E-state index contributed by atoms with van der Waals surface area (Å²) in [5.41, 5.74) is 0.697. The van der Waals surface area contributed by atoms with Crippen molar-refractivity contribution in [3.05, 3.63) is 42.5 Å². The second kappa shape index (κ2) is 5.23. The van der Waals surface area contributed by atoms with E-state index < -0.39 is 13.0 Å². The van der Waals surface area contributed by atoms with Crippen LogP contribution in [0.5, 0.6) is 5.75 Å². The van der Waals surface area contributed by atoms with Gasteiger partial charge in [0.2, 0.25) is 0 Å². The molecule has 0 unspecified atom stereocenters. The molecule has 0 fully saturated rings. The first kappa shape index (κ1) is 13.3. The van der Waals surface area contributed by atoms with Crippen molar-refractivity contribution in [3.63, 3.8) is 0 Å². The number of para-hydroxylation sites is 1. The summed E-state index contributed by atoms with van der Waals surface area (Å²) in [7, 11) is 0. The third-order valence-corrected chi connectivity index (χ3v) is 2.35. The number of aliphatic hydroxyl groups is 1. The van der Waals surface area contributed by atoms with Gasteiger partial charge in [0.1, 0.15) is 12.1 Å². The fourth-order valence-corrected chi connectivity index (χ4v) is 1.61. The zero-order valence-electron chi connectivity index (χ0n) is 9.55. The Morgan fingerprint density at radius 1 is 1.16 bits per heavy atom. The smallest absolute Gasteiger partial charge is 0.405 e. The molecule has 100 valence electrons. The first-order valence-electron chi connectivity index (χ1n) is 5.26. The molecular weight excluding hydrogens is 261 g/mol. The minimum Gasteiger partial charge on any atom is -0.405 e. The van der Waals surface area contributed by atoms with Crippen molar-refractivity contribution in [2.75, 3.05) is 0 Å². The molecule has 4 nitrogen and oxygen atoms in total. The molecule has 0 aliphatic heterocycles. The molecule has 0 amide bonds. The summed E-state index contributed by atoms with van der Waals surface area (Å²) in [6, 6.07) is 5.62. The van der Waals surface area contributed by atoms with Crippen LogP contribution in [0.2, 0.25) is 0 Å². The lowest BCUT2D eigenvalue weighted by Crippen LogP contribution is -2.17. The van der Waals surface area contributed by atoms with Crippen LogP contribution in [0.25, 0.3) is 11.1 Å². The molecule has 0 radical (unpaired) electrons. The molecule has 2 rings (SSSR count). The van der Waals surface area contributed by atoms with Crippen LogP contribution < -0.4 is 4.74 Å². The minimum atomic E-state index is -4.79. The highest BCUT2D eigenvalue weighted by Gasteiger charge is 2.32. The van der Waals surface area contributed by atoms with Crippen molar-refractivity contribution < 1.29 is 23.0 Å². The van der Waals surface area contributed by atoms with Crippen LogP contribution in [0.1, 0.15) is 5.69 Å². The Bertz CT molecular complexity index is 573. The Morgan fingerprint density at radius 2 is 1.89 bits per heavy atom. The third kappa shape index (κ3) is 3.19. The molecule has 0 bridgehead atoms. The molecule has 0 spiro atoms. The lowest BCUT2D eigenvalue weighted by atomic mass is 10.0. The van der Waals surface area contributed by atoms with Crippen molar-refractivity contribution in [1.82, 2.24) is 9.97 Å². The van der Waals surface area contributed by atoms with Gasteiger partial charge >= 0.3 is 6.36 Å². The monoisotopic (exact) mass is 270 g/mol. The van der Waals surface area contributed by atoms with Crippen molar-refractivity contribution in [2.24, 2.45) is 0 Å².